The Bertz CT molecular complexity index is 322. The molecule has 1 N–H and O–H groups in total. The Balaban J connectivity index is 2.31. The van der Waals surface area contributed by atoms with Crippen molar-refractivity contribution in [3.63, 3.8) is 0 Å². The molecule has 3 heteroatoms. The lowest BCUT2D eigenvalue weighted by atomic mass is 10.1. The number of rotatable bonds is 5. The van der Waals surface area contributed by atoms with E-state index in [2.05, 4.69) is 19.2 Å². The molecule has 0 radical (unpaired) electrons. The lowest BCUT2D eigenvalue weighted by Crippen LogP contribution is -2.38. The van der Waals surface area contributed by atoms with Crippen LogP contribution >= 0.6 is 0 Å². The lowest BCUT2D eigenvalue weighted by molar-refractivity contribution is -0.124. The third-order valence-electron chi connectivity index (χ3n) is 2.50. The Morgan fingerprint density at radius 2 is 1.88 bits per heavy atom. The molecule has 0 aliphatic rings. The summed E-state index contributed by atoms with van der Waals surface area (Å²) in [7, 11) is 0. The Kier molecular flexibility index (Phi) is 4.83. The van der Waals surface area contributed by atoms with Crippen LogP contribution in [0, 0.1) is 5.92 Å². The fourth-order valence-electron chi connectivity index (χ4n) is 1.13. The molecule has 1 aromatic carbocycles. The molecule has 1 rings (SSSR count). The third-order valence-corrected chi connectivity index (χ3v) is 2.50. The van der Waals surface area contributed by atoms with Gasteiger partial charge in [-0.1, -0.05) is 32.0 Å². The second-order valence-corrected chi connectivity index (χ2v) is 4.20. The van der Waals surface area contributed by atoms with Crippen LogP contribution in [0.2, 0.25) is 0 Å². The molecule has 1 unspecified atom stereocenters. The van der Waals surface area contributed by atoms with Crippen LogP contribution in [0.15, 0.2) is 30.3 Å². The Labute approximate surface area is 96.8 Å². The topological polar surface area (TPSA) is 38.3 Å². The van der Waals surface area contributed by atoms with Crippen LogP contribution in [-0.2, 0) is 4.79 Å². The van der Waals surface area contributed by atoms with Crippen molar-refractivity contribution in [1.29, 1.82) is 0 Å². The van der Waals surface area contributed by atoms with Gasteiger partial charge in [-0.2, -0.15) is 0 Å². The number of carbonyl (C=O) groups is 1. The molecule has 0 spiro atoms. The Morgan fingerprint density at radius 1 is 1.25 bits per heavy atom. The average molecular weight is 221 g/mol. The van der Waals surface area contributed by atoms with Crippen LogP contribution in [0.4, 0.5) is 0 Å². The lowest BCUT2D eigenvalue weighted by Gasteiger charge is -2.17. The van der Waals surface area contributed by atoms with Crippen LogP contribution in [-0.4, -0.2) is 18.6 Å². The predicted octanol–water partition coefficient (Wildman–Crippen LogP) is 2.23. The molecule has 0 saturated heterocycles. The Morgan fingerprint density at radius 3 is 2.44 bits per heavy atom. The third kappa shape index (κ3) is 4.34. The summed E-state index contributed by atoms with van der Waals surface area (Å²) in [4.78, 5) is 11.5. The minimum Gasteiger partial charge on any atom is -0.484 e. The van der Waals surface area contributed by atoms with E-state index in [-0.39, 0.29) is 18.6 Å². The maximum absolute atomic E-state index is 11.5. The molecule has 1 amide bonds. The number of nitrogens with one attached hydrogen (secondary N) is 1. The zero-order valence-corrected chi connectivity index (χ0v) is 10.1. The molecular formula is C13H19NO2. The maximum atomic E-state index is 11.5. The molecule has 0 heterocycles. The number of carbonyl (C=O) groups excluding carboxylic acids is 1. The normalized spacial score (nSPS) is 12.2. The van der Waals surface area contributed by atoms with E-state index in [1.807, 2.05) is 37.3 Å². The predicted molar refractivity (Wildman–Crippen MR) is 64.4 cm³/mol. The summed E-state index contributed by atoms with van der Waals surface area (Å²) >= 11 is 0. The number of ether oxygens (including phenoxy) is 1. The zero-order valence-electron chi connectivity index (χ0n) is 10.1. The zero-order chi connectivity index (χ0) is 12.0. The van der Waals surface area contributed by atoms with Gasteiger partial charge in [-0.15, -0.1) is 0 Å². The largest absolute Gasteiger partial charge is 0.484 e. The summed E-state index contributed by atoms with van der Waals surface area (Å²) in [5.41, 5.74) is 0. The van der Waals surface area contributed by atoms with Crippen LogP contribution in [0.25, 0.3) is 0 Å². The molecule has 1 atom stereocenters. The van der Waals surface area contributed by atoms with Crippen molar-refractivity contribution >= 4 is 5.91 Å². The quantitative estimate of drug-likeness (QED) is 0.828. The molecule has 0 aliphatic heterocycles. The van der Waals surface area contributed by atoms with Gasteiger partial charge in [0.1, 0.15) is 5.75 Å². The van der Waals surface area contributed by atoms with Crippen molar-refractivity contribution in [2.45, 2.75) is 26.8 Å². The van der Waals surface area contributed by atoms with Gasteiger partial charge in [0, 0.05) is 6.04 Å². The van der Waals surface area contributed by atoms with Gasteiger partial charge < -0.3 is 10.1 Å². The van der Waals surface area contributed by atoms with E-state index < -0.39 is 0 Å². The van der Waals surface area contributed by atoms with Crippen molar-refractivity contribution in [3.05, 3.63) is 30.3 Å². The second-order valence-electron chi connectivity index (χ2n) is 4.20. The number of benzene rings is 1. The van der Waals surface area contributed by atoms with E-state index >= 15 is 0 Å². The molecule has 0 aromatic heterocycles. The average Bonchev–Trinajstić information content (AvgIpc) is 2.27. The first-order chi connectivity index (χ1) is 7.59. The van der Waals surface area contributed by atoms with Gasteiger partial charge >= 0.3 is 0 Å². The number of para-hydroxylation sites is 1. The first-order valence-corrected chi connectivity index (χ1v) is 5.57. The molecule has 0 saturated carbocycles. The summed E-state index contributed by atoms with van der Waals surface area (Å²) in [6.45, 7) is 6.21. The van der Waals surface area contributed by atoms with Crippen molar-refractivity contribution in [2.24, 2.45) is 5.92 Å². The first-order valence-electron chi connectivity index (χ1n) is 5.57. The molecular weight excluding hydrogens is 202 g/mol. The van der Waals surface area contributed by atoms with Gasteiger partial charge in [-0.25, -0.2) is 0 Å². The van der Waals surface area contributed by atoms with Crippen LogP contribution < -0.4 is 10.1 Å². The van der Waals surface area contributed by atoms with Gasteiger partial charge in [0.25, 0.3) is 5.91 Å². The fraction of sp³-hybridized carbons (Fsp3) is 0.462. The second kappa shape index (κ2) is 6.16. The van der Waals surface area contributed by atoms with Crippen molar-refractivity contribution in [3.8, 4) is 5.75 Å². The van der Waals surface area contributed by atoms with Gasteiger partial charge in [-0.05, 0) is 25.0 Å². The summed E-state index contributed by atoms with van der Waals surface area (Å²) in [5.74, 6) is 1.07. The van der Waals surface area contributed by atoms with E-state index in [1.165, 1.54) is 0 Å². The molecule has 0 bridgehead atoms. The highest BCUT2D eigenvalue weighted by atomic mass is 16.5. The standard InChI is InChI=1S/C13H19NO2/c1-10(2)11(3)14-13(15)9-16-12-7-5-4-6-8-12/h4-8,10-11H,9H2,1-3H3,(H,14,15). The highest BCUT2D eigenvalue weighted by Gasteiger charge is 2.10. The number of hydrogen-bond acceptors (Lipinski definition) is 2. The molecule has 0 aliphatic carbocycles. The van der Waals surface area contributed by atoms with E-state index in [9.17, 15) is 4.79 Å². The van der Waals surface area contributed by atoms with Crippen LogP contribution in [0.3, 0.4) is 0 Å². The molecule has 0 fully saturated rings. The van der Waals surface area contributed by atoms with Gasteiger partial charge in [-0.3, -0.25) is 4.79 Å². The van der Waals surface area contributed by atoms with E-state index in [0.29, 0.717) is 5.92 Å². The van der Waals surface area contributed by atoms with Gasteiger partial charge in [0.15, 0.2) is 6.61 Å². The van der Waals surface area contributed by atoms with Crippen molar-refractivity contribution < 1.29 is 9.53 Å². The fourth-order valence-corrected chi connectivity index (χ4v) is 1.13. The minimum atomic E-state index is -0.0787. The minimum absolute atomic E-state index is 0.0705. The van der Waals surface area contributed by atoms with Gasteiger partial charge in [0.05, 0.1) is 0 Å². The Hall–Kier alpha value is -1.51. The molecule has 16 heavy (non-hydrogen) atoms. The summed E-state index contributed by atoms with van der Waals surface area (Å²) in [5, 5.41) is 2.89. The molecule has 1 aromatic rings. The van der Waals surface area contributed by atoms with E-state index in [1.54, 1.807) is 0 Å². The smallest absolute Gasteiger partial charge is 0.258 e. The number of hydrogen-bond donors (Lipinski definition) is 1. The molecule has 88 valence electrons. The SMILES string of the molecule is CC(C)C(C)NC(=O)COc1ccccc1. The van der Waals surface area contributed by atoms with Crippen LogP contribution in [0.1, 0.15) is 20.8 Å². The highest BCUT2D eigenvalue weighted by molar-refractivity contribution is 5.77. The first kappa shape index (κ1) is 12.6. The monoisotopic (exact) mass is 221 g/mol. The van der Waals surface area contributed by atoms with Gasteiger partial charge in [0.2, 0.25) is 0 Å². The summed E-state index contributed by atoms with van der Waals surface area (Å²) < 4.78 is 5.34. The van der Waals surface area contributed by atoms with E-state index in [0.717, 1.165) is 5.75 Å². The van der Waals surface area contributed by atoms with Crippen molar-refractivity contribution in [2.75, 3.05) is 6.61 Å². The summed E-state index contributed by atoms with van der Waals surface area (Å²) in [6.07, 6.45) is 0. The maximum Gasteiger partial charge on any atom is 0.258 e. The number of amides is 1. The van der Waals surface area contributed by atoms with Crippen LogP contribution in [0.5, 0.6) is 5.75 Å². The van der Waals surface area contributed by atoms with E-state index in [4.69, 9.17) is 4.74 Å². The van der Waals surface area contributed by atoms with Crippen molar-refractivity contribution in [1.82, 2.24) is 5.32 Å². The summed E-state index contributed by atoms with van der Waals surface area (Å²) in [6, 6.07) is 9.51. The molecule has 3 nitrogen and oxygen atoms in total. The highest BCUT2D eigenvalue weighted by Crippen LogP contribution is 2.07.